The van der Waals surface area contributed by atoms with E-state index in [0.29, 0.717) is 28.8 Å². The van der Waals surface area contributed by atoms with Gasteiger partial charge in [0, 0.05) is 42.6 Å². The van der Waals surface area contributed by atoms with Gasteiger partial charge < -0.3 is 20.2 Å². The maximum absolute atomic E-state index is 6.24. The Morgan fingerprint density at radius 2 is 1.80 bits per heavy atom. The third kappa shape index (κ3) is 3.84. The van der Waals surface area contributed by atoms with Gasteiger partial charge in [0.15, 0.2) is 0 Å². The molecule has 1 aliphatic rings. The number of aromatic nitrogens is 6. The van der Waals surface area contributed by atoms with Gasteiger partial charge in [0.2, 0.25) is 12.3 Å². The molecule has 1 aromatic carbocycles. The lowest BCUT2D eigenvalue weighted by Gasteiger charge is -2.29. The van der Waals surface area contributed by atoms with Crippen molar-refractivity contribution in [1.82, 2.24) is 30.1 Å². The normalized spacial score (nSPS) is 18.9. The zero-order valence-electron chi connectivity index (χ0n) is 16.1. The largest absolute Gasteiger partial charge is 0.488 e. The molecule has 0 unspecified atom stereocenters. The molecular formula is C20H20N8O2. The summed E-state index contributed by atoms with van der Waals surface area (Å²) < 4.78 is 11.4. The van der Waals surface area contributed by atoms with Gasteiger partial charge in [-0.3, -0.25) is 4.98 Å². The van der Waals surface area contributed by atoms with Gasteiger partial charge in [0.25, 0.3) is 5.89 Å². The first-order valence-corrected chi connectivity index (χ1v) is 9.76. The summed E-state index contributed by atoms with van der Waals surface area (Å²) in [6, 6.07) is 3.91. The van der Waals surface area contributed by atoms with Crippen molar-refractivity contribution in [3.05, 3.63) is 43.3 Å². The van der Waals surface area contributed by atoms with Crippen LogP contribution in [-0.4, -0.2) is 42.3 Å². The number of fused-ring (bicyclic) bond motifs is 1. The van der Waals surface area contributed by atoms with E-state index in [4.69, 9.17) is 14.9 Å². The summed E-state index contributed by atoms with van der Waals surface area (Å²) in [5.41, 5.74) is 8.78. The SMILES string of the molecule is Nc1cc(OC2CCC(Nc3ncc(-c4nnco4)cn3)CC2)c2nccnc2c1. The molecule has 10 nitrogen and oxygen atoms in total. The van der Waals surface area contributed by atoms with Crippen LogP contribution in [0.1, 0.15) is 25.7 Å². The van der Waals surface area contributed by atoms with E-state index >= 15 is 0 Å². The van der Waals surface area contributed by atoms with Crippen molar-refractivity contribution in [3.63, 3.8) is 0 Å². The Balaban J connectivity index is 1.19. The summed E-state index contributed by atoms with van der Waals surface area (Å²) in [5.74, 6) is 1.67. The minimum atomic E-state index is 0.107. The number of nitrogens with one attached hydrogen (secondary N) is 1. The van der Waals surface area contributed by atoms with Crippen LogP contribution in [0.25, 0.3) is 22.5 Å². The van der Waals surface area contributed by atoms with E-state index in [0.717, 1.165) is 36.7 Å². The van der Waals surface area contributed by atoms with Crippen LogP contribution in [0.15, 0.2) is 47.7 Å². The van der Waals surface area contributed by atoms with Gasteiger partial charge in [-0.05, 0) is 31.7 Å². The molecule has 3 N–H and O–H groups in total. The molecule has 4 aromatic rings. The van der Waals surface area contributed by atoms with Crippen molar-refractivity contribution < 1.29 is 9.15 Å². The Bertz CT molecular complexity index is 1130. The van der Waals surface area contributed by atoms with Crippen molar-refractivity contribution >= 4 is 22.7 Å². The third-order valence-corrected chi connectivity index (χ3v) is 5.12. The molecular weight excluding hydrogens is 384 g/mol. The zero-order valence-corrected chi connectivity index (χ0v) is 16.1. The fourth-order valence-electron chi connectivity index (χ4n) is 3.65. The first kappa shape index (κ1) is 18.2. The van der Waals surface area contributed by atoms with E-state index in [9.17, 15) is 0 Å². The van der Waals surface area contributed by atoms with Crippen LogP contribution in [0.3, 0.4) is 0 Å². The van der Waals surface area contributed by atoms with E-state index in [1.807, 2.05) is 6.07 Å². The average molecular weight is 404 g/mol. The van der Waals surface area contributed by atoms with Crippen LogP contribution in [-0.2, 0) is 0 Å². The number of hydrogen-bond donors (Lipinski definition) is 2. The molecule has 10 heteroatoms. The monoisotopic (exact) mass is 404 g/mol. The van der Waals surface area contributed by atoms with E-state index < -0.39 is 0 Å². The highest BCUT2D eigenvalue weighted by atomic mass is 16.5. The van der Waals surface area contributed by atoms with Crippen LogP contribution in [0.5, 0.6) is 5.75 Å². The highest BCUT2D eigenvalue weighted by Crippen LogP contribution is 2.30. The van der Waals surface area contributed by atoms with Crippen molar-refractivity contribution in [1.29, 1.82) is 0 Å². The summed E-state index contributed by atoms with van der Waals surface area (Å²) in [6.45, 7) is 0. The van der Waals surface area contributed by atoms with E-state index in [-0.39, 0.29) is 12.1 Å². The second-order valence-corrected chi connectivity index (χ2v) is 7.22. The molecule has 152 valence electrons. The van der Waals surface area contributed by atoms with Crippen LogP contribution < -0.4 is 15.8 Å². The Morgan fingerprint density at radius 1 is 1.00 bits per heavy atom. The second kappa shape index (κ2) is 7.90. The van der Waals surface area contributed by atoms with Crippen LogP contribution in [0.4, 0.5) is 11.6 Å². The molecule has 0 saturated heterocycles. The summed E-state index contributed by atoms with van der Waals surface area (Å²) in [7, 11) is 0. The zero-order chi connectivity index (χ0) is 20.3. The van der Waals surface area contributed by atoms with Gasteiger partial charge in [-0.1, -0.05) is 0 Å². The quantitative estimate of drug-likeness (QED) is 0.477. The van der Waals surface area contributed by atoms with Crippen molar-refractivity contribution in [2.45, 2.75) is 37.8 Å². The maximum Gasteiger partial charge on any atom is 0.250 e. The highest BCUT2D eigenvalue weighted by molar-refractivity contribution is 5.84. The average Bonchev–Trinajstić information content (AvgIpc) is 3.30. The summed E-state index contributed by atoms with van der Waals surface area (Å²) in [6.07, 6.45) is 11.8. The lowest BCUT2D eigenvalue weighted by molar-refractivity contribution is 0.152. The topological polar surface area (TPSA) is 138 Å². The summed E-state index contributed by atoms with van der Waals surface area (Å²) >= 11 is 0. The Kier molecular flexibility index (Phi) is 4.80. The number of benzene rings is 1. The fourth-order valence-corrected chi connectivity index (χ4v) is 3.65. The first-order valence-electron chi connectivity index (χ1n) is 9.76. The summed E-state index contributed by atoms with van der Waals surface area (Å²) in [5, 5.41) is 10.9. The molecule has 1 aliphatic carbocycles. The minimum absolute atomic E-state index is 0.107. The lowest BCUT2D eigenvalue weighted by atomic mass is 9.93. The van der Waals surface area contributed by atoms with Gasteiger partial charge in [-0.15, -0.1) is 10.2 Å². The molecule has 3 aromatic heterocycles. The molecule has 0 aliphatic heterocycles. The standard InChI is InChI=1S/C20H20N8O2/c21-13-7-16-18(23-6-5-22-16)17(8-13)30-15-3-1-14(2-4-15)27-20-24-9-12(10-25-20)19-28-26-11-29-19/h5-11,14-15H,1-4,21H2,(H,24,25,27). The first-order chi connectivity index (χ1) is 14.7. The van der Waals surface area contributed by atoms with Gasteiger partial charge in [0.1, 0.15) is 11.3 Å². The van der Waals surface area contributed by atoms with Gasteiger partial charge in [0.05, 0.1) is 17.2 Å². The molecule has 3 heterocycles. The third-order valence-electron chi connectivity index (χ3n) is 5.12. The molecule has 1 fully saturated rings. The smallest absolute Gasteiger partial charge is 0.250 e. The minimum Gasteiger partial charge on any atom is -0.488 e. The lowest BCUT2D eigenvalue weighted by Crippen LogP contribution is -2.31. The predicted molar refractivity (Wildman–Crippen MR) is 110 cm³/mol. The molecule has 0 radical (unpaired) electrons. The number of hydrogen-bond acceptors (Lipinski definition) is 10. The predicted octanol–water partition coefficient (Wildman–Crippen LogP) is 2.85. The number of nitrogen functional groups attached to an aromatic ring is 1. The number of anilines is 2. The van der Waals surface area contributed by atoms with E-state index in [1.54, 1.807) is 30.9 Å². The van der Waals surface area contributed by atoms with Crippen molar-refractivity contribution in [2.24, 2.45) is 0 Å². The second-order valence-electron chi connectivity index (χ2n) is 7.22. The Morgan fingerprint density at radius 3 is 2.57 bits per heavy atom. The molecule has 0 spiro atoms. The van der Waals surface area contributed by atoms with Crippen LogP contribution in [0, 0.1) is 0 Å². The molecule has 5 rings (SSSR count). The van der Waals surface area contributed by atoms with E-state index in [1.165, 1.54) is 6.39 Å². The van der Waals surface area contributed by atoms with Gasteiger partial charge in [-0.25, -0.2) is 15.0 Å². The molecule has 0 bridgehead atoms. The summed E-state index contributed by atoms with van der Waals surface area (Å²) in [4.78, 5) is 17.4. The Labute approximate surface area is 171 Å². The maximum atomic E-state index is 6.24. The van der Waals surface area contributed by atoms with Crippen LogP contribution in [0.2, 0.25) is 0 Å². The number of ether oxygens (including phenoxy) is 1. The van der Waals surface area contributed by atoms with Gasteiger partial charge in [-0.2, -0.15) is 0 Å². The fraction of sp³-hybridized carbons (Fsp3) is 0.300. The number of nitrogens with zero attached hydrogens (tertiary/aromatic N) is 6. The number of nitrogens with two attached hydrogens (primary N) is 1. The molecule has 0 atom stereocenters. The molecule has 30 heavy (non-hydrogen) atoms. The highest BCUT2D eigenvalue weighted by Gasteiger charge is 2.24. The van der Waals surface area contributed by atoms with Gasteiger partial charge >= 0.3 is 0 Å². The molecule has 1 saturated carbocycles. The number of rotatable bonds is 5. The van der Waals surface area contributed by atoms with Crippen molar-refractivity contribution in [3.8, 4) is 17.2 Å². The van der Waals surface area contributed by atoms with Crippen LogP contribution >= 0.6 is 0 Å². The van der Waals surface area contributed by atoms with Crippen molar-refractivity contribution in [2.75, 3.05) is 11.1 Å². The molecule has 0 amide bonds. The Hall–Kier alpha value is -3.82. The van der Waals surface area contributed by atoms with E-state index in [2.05, 4.69) is 35.5 Å².